The number of ether oxygens (including phenoxy) is 2. The highest BCUT2D eigenvalue weighted by molar-refractivity contribution is 5.89. The Hall–Kier alpha value is -2.28. The lowest BCUT2D eigenvalue weighted by molar-refractivity contribution is -0.135. The van der Waals surface area contributed by atoms with Gasteiger partial charge in [0.2, 0.25) is 11.8 Å². The van der Waals surface area contributed by atoms with Crippen molar-refractivity contribution in [3.63, 3.8) is 0 Å². The molecule has 0 bridgehead atoms. The van der Waals surface area contributed by atoms with E-state index in [1.54, 1.807) is 14.2 Å². The minimum absolute atomic E-state index is 0.0818. The van der Waals surface area contributed by atoms with Crippen molar-refractivity contribution in [2.75, 3.05) is 54.0 Å². The highest BCUT2D eigenvalue weighted by atomic mass is 16.5. The molecule has 2 amide bonds. The summed E-state index contributed by atoms with van der Waals surface area (Å²) in [4.78, 5) is 32.2. The molecule has 7 heteroatoms. The SMILES string of the molecule is COc1ccc(CCN2C[C@H](C(=O)N(C)C[C@@H]3CCCN4CCCC[C@H]34)CC2=O)cc1OC. The van der Waals surface area contributed by atoms with Gasteiger partial charge in [-0.15, -0.1) is 0 Å². The first-order valence-electron chi connectivity index (χ1n) is 12.5. The molecule has 0 aliphatic carbocycles. The lowest BCUT2D eigenvalue weighted by atomic mass is 9.83. The second kappa shape index (κ2) is 10.8. The van der Waals surface area contributed by atoms with Gasteiger partial charge in [0.15, 0.2) is 11.5 Å². The fourth-order valence-corrected chi connectivity index (χ4v) is 6.00. The number of methoxy groups -OCH3 is 2. The van der Waals surface area contributed by atoms with E-state index >= 15 is 0 Å². The average molecular weight is 458 g/mol. The molecule has 1 aromatic carbocycles. The van der Waals surface area contributed by atoms with E-state index in [9.17, 15) is 9.59 Å². The summed E-state index contributed by atoms with van der Waals surface area (Å²) in [5, 5.41) is 0. The number of carbonyl (C=O) groups excluding carboxylic acids is 2. The fraction of sp³-hybridized carbons (Fsp3) is 0.692. The van der Waals surface area contributed by atoms with Gasteiger partial charge in [-0.3, -0.25) is 9.59 Å². The molecule has 3 heterocycles. The highest BCUT2D eigenvalue weighted by Gasteiger charge is 2.38. The van der Waals surface area contributed by atoms with Crippen LogP contribution < -0.4 is 9.47 Å². The fourth-order valence-electron chi connectivity index (χ4n) is 6.00. The molecule has 0 radical (unpaired) electrons. The van der Waals surface area contributed by atoms with E-state index in [0.29, 0.717) is 43.0 Å². The first-order valence-corrected chi connectivity index (χ1v) is 12.5. The van der Waals surface area contributed by atoms with Crippen molar-refractivity contribution in [3.8, 4) is 11.5 Å². The van der Waals surface area contributed by atoms with Gasteiger partial charge in [0, 0.05) is 39.1 Å². The van der Waals surface area contributed by atoms with Gasteiger partial charge in [0.05, 0.1) is 20.1 Å². The van der Waals surface area contributed by atoms with Crippen molar-refractivity contribution >= 4 is 11.8 Å². The molecule has 3 aliphatic heterocycles. The molecule has 3 aliphatic rings. The van der Waals surface area contributed by atoms with E-state index in [4.69, 9.17) is 9.47 Å². The van der Waals surface area contributed by atoms with Crippen LogP contribution in [-0.2, 0) is 16.0 Å². The van der Waals surface area contributed by atoms with Crippen LogP contribution >= 0.6 is 0 Å². The third kappa shape index (κ3) is 5.45. The first kappa shape index (κ1) is 23.9. The minimum Gasteiger partial charge on any atom is -0.493 e. The first-order chi connectivity index (χ1) is 16.0. The number of carbonyl (C=O) groups is 2. The zero-order valence-electron chi connectivity index (χ0n) is 20.4. The third-order valence-electron chi connectivity index (χ3n) is 7.80. The predicted octanol–water partition coefficient (Wildman–Crippen LogP) is 2.82. The average Bonchev–Trinajstić information content (AvgIpc) is 3.22. The second-order valence-electron chi connectivity index (χ2n) is 9.90. The molecule has 3 atom stereocenters. The van der Waals surface area contributed by atoms with Gasteiger partial charge < -0.3 is 24.2 Å². The predicted molar refractivity (Wildman–Crippen MR) is 128 cm³/mol. The van der Waals surface area contributed by atoms with Gasteiger partial charge in [0.25, 0.3) is 0 Å². The number of benzene rings is 1. The van der Waals surface area contributed by atoms with E-state index in [2.05, 4.69) is 4.90 Å². The minimum atomic E-state index is -0.223. The van der Waals surface area contributed by atoms with Crippen LogP contribution in [0.2, 0.25) is 0 Å². The van der Waals surface area contributed by atoms with Crippen molar-refractivity contribution < 1.29 is 19.1 Å². The summed E-state index contributed by atoms with van der Waals surface area (Å²) in [7, 11) is 5.17. The quantitative estimate of drug-likeness (QED) is 0.601. The zero-order valence-corrected chi connectivity index (χ0v) is 20.4. The molecule has 3 fully saturated rings. The molecule has 182 valence electrons. The maximum Gasteiger partial charge on any atom is 0.227 e. The zero-order chi connectivity index (χ0) is 23.4. The Bertz CT molecular complexity index is 843. The van der Waals surface area contributed by atoms with Gasteiger partial charge in [-0.05, 0) is 68.8 Å². The summed E-state index contributed by atoms with van der Waals surface area (Å²) in [6, 6.07) is 6.47. The van der Waals surface area contributed by atoms with Gasteiger partial charge >= 0.3 is 0 Å². The molecule has 0 unspecified atom stereocenters. The van der Waals surface area contributed by atoms with Crippen molar-refractivity contribution in [3.05, 3.63) is 23.8 Å². The van der Waals surface area contributed by atoms with Crippen LogP contribution in [0, 0.1) is 11.8 Å². The third-order valence-corrected chi connectivity index (χ3v) is 7.80. The van der Waals surface area contributed by atoms with Gasteiger partial charge in [-0.25, -0.2) is 0 Å². The number of fused-ring (bicyclic) bond motifs is 1. The largest absolute Gasteiger partial charge is 0.493 e. The number of hydrogen-bond acceptors (Lipinski definition) is 5. The molecule has 3 saturated heterocycles. The highest BCUT2D eigenvalue weighted by Crippen LogP contribution is 2.32. The van der Waals surface area contributed by atoms with Crippen LogP contribution in [0.3, 0.4) is 0 Å². The number of likely N-dealkylation sites (tertiary alicyclic amines) is 1. The smallest absolute Gasteiger partial charge is 0.227 e. The molecule has 0 spiro atoms. The number of hydrogen-bond donors (Lipinski definition) is 0. The molecule has 33 heavy (non-hydrogen) atoms. The lowest BCUT2D eigenvalue weighted by Crippen LogP contribution is -2.51. The molecule has 0 N–H and O–H groups in total. The van der Waals surface area contributed by atoms with Crippen LogP contribution in [0.25, 0.3) is 0 Å². The number of amides is 2. The summed E-state index contributed by atoms with van der Waals surface area (Å²) in [5.74, 6) is 1.94. The Kier molecular flexibility index (Phi) is 7.78. The van der Waals surface area contributed by atoms with Crippen LogP contribution in [0.1, 0.15) is 44.1 Å². The molecular formula is C26H39N3O4. The monoisotopic (exact) mass is 457 g/mol. The summed E-state index contributed by atoms with van der Waals surface area (Å²) in [6.45, 7) is 4.38. The van der Waals surface area contributed by atoms with Gasteiger partial charge in [-0.2, -0.15) is 0 Å². The molecule has 7 nitrogen and oxygen atoms in total. The van der Waals surface area contributed by atoms with E-state index in [1.807, 2.05) is 35.0 Å². The standard InChI is InChI=1S/C26H39N3O4/c1-27(17-20-7-6-13-28-12-5-4-8-22(20)28)26(31)21-16-25(30)29(18-21)14-11-19-9-10-23(32-2)24(15-19)33-3/h9-10,15,20-22H,4-8,11-14,16-18H2,1-3H3/t20-,21+,22+/m0/s1. The topological polar surface area (TPSA) is 62.3 Å². The molecule has 1 aromatic rings. The molecule has 0 saturated carbocycles. The number of rotatable bonds is 8. The Morgan fingerprint density at radius 2 is 1.88 bits per heavy atom. The van der Waals surface area contributed by atoms with E-state index in [1.165, 1.54) is 45.2 Å². The van der Waals surface area contributed by atoms with E-state index in [-0.39, 0.29) is 17.7 Å². The molecule has 4 rings (SSSR count). The number of piperidine rings is 2. The van der Waals surface area contributed by atoms with Crippen LogP contribution in [0.4, 0.5) is 0 Å². The maximum atomic E-state index is 13.2. The summed E-state index contributed by atoms with van der Waals surface area (Å²) < 4.78 is 10.7. The number of nitrogens with zero attached hydrogens (tertiary/aromatic N) is 3. The molecular weight excluding hydrogens is 418 g/mol. The van der Waals surface area contributed by atoms with E-state index in [0.717, 1.165) is 18.5 Å². The summed E-state index contributed by atoms with van der Waals surface area (Å²) in [5.41, 5.74) is 1.08. The second-order valence-corrected chi connectivity index (χ2v) is 9.90. The Morgan fingerprint density at radius 1 is 1.09 bits per heavy atom. The Morgan fingerprint density at radius 3 is 2.67 bits per heavy atom. The van der Waals surface area contributed by atoms with Crippen LogP contribution in [0.5, 0.6) is 11.5 Å². The summed E-state index contributed by atoms with van der Waals surface area (Å²) in [6.07, 6.45) is 7.37. The normalized spacial score (nSPS) is 25.6. The van der Waals surface area contributed by atoms with E-state index < -0.39 is 0 Å². The summed E-state index contributed by atoms with van der Waals surface area (Å²) >= 11 is 0. The van der Waals surface area contributed by atoms with Crippen LogP contribution in [-0.4, -0.2) is 86.5 Å². The van der Waals surface area contributed by atoms with Gasteiger partial charge in [-0.1, -0.05) is 12.5 Å². The van der Waals surface area contributed by atoms with Gasteiger partial charge in [0.1, 0.15) is 0 Å². The lowest BCUT2D eigenvalue weighted by Gasteiger charge is -2.45. The van der Waals surface area contributed by atoms with Crippen LogP contribution in [0.15, 0.2) is 18.2 Å². The molecule has 0 aromatic heterocycles. The van der Waals surface area contributed by atoms with Crippen molar-refractivity contribution in [1.29, 1.82) is 0 Å². The maximum absolute atomic E-state index is 13.2. The van der Waals surface area contributed by atoms with Crippen molar-refractivity contribution in [2.45, 2.75) is 51.0 Å². The van der Waals surface area contributed by atoms with Crippen molar-refractivity contribution in [1.82, 2.24) is 14.7 Å². The Balaban J connectivity index is 1.29. The Labute approximate surface area is 198 Å². The van der Waals surface area contributed by atoms with Crippen molar-refractivity contribution in [2.24, 2.45) is 11.8 Å².